The van der Waals surface area contributed by atoms with Crippen LogP contribution in [0.3, 0.4) is 0 Å². The molecule has 3 atom stereocenters. The first-order valence-corrected chi connectivity index (χ1v) is 5.75. The second-order valence-electron chi connectivity index (χ2n) is 5.91. The molecule has 0 amide bonds. The molecule has 4 saturated carbocycles. The first kappa shape index (κ1) is 8.28. The fraction of sp³-hybridized carbons (Fsp3) is 1.00. The Balaban J connectivity index is 1.84. The molecule has 0 aromatic rings. The van der Waals surface area contributed by atoms with Gasteiger partial charge >= 0.3 is 0 Å². The Hall–Kier alpha value is -0.0400. The fourth-order valence-electron chi connectivity index (χ4n) is 4.95. The van der Waals surface area contributed by atoms with E-state index >= 15 is 0 Å². The SMILES string of the molecule is CC1(CCCO)C2CC3C(C2)C31C. The van der Waals surface area contributed by atoms with Gasteiger partial charge in [-0.2, -0.15) is 0 Å². The molecule has 4 aliphatic carbocycles. The number of hydrogen-bond acceptors (Lipinski definition) is 1. The summed E-state index contributed by atoms with van der Waals surface area (Å²) in [5.74, 6) is 3.14. The monoisotopic (exact) mass is 180 g/mol. The van der Waals surface area contributed by atoms with E-state index in [0.717, 1.165) is 24.2 Å². The normalized spacial score (nSPS) is 61.6. The lowest BCUT2D eigenvalue weighted by molar-refractivity contribution is 0.134. The van der Waals surface area contributed by atoms with Crippen LogP contribution in [0, 0.1) is 28.6 Å². The molecule has 13 heavy (non-hydrogen) atoms. The van der Waals surface area contributed by atoms with E-state index in [4.69, 9.17) is 5.11 Å². The molecular weight excluding hydrogens is 160 g/mol. The molecule has 1 N–H and O–H groups in total. The molecule has 3 unspecified atom stereocenters. The highest BCUT2D eigenvalue weighted by molar-refractivity contribution is 5.28. The van der Waals surface area contributed by atoms with Crippen LogP contribution in [0.5, 0.6) is 0 Å². The third-order valence-electron chi connectivity index (χ3n) is 5.98. The molecule has 1 nitrogen and oxygen atoms in total. The standard InChI is InChI=1S/C12H20O/c1-11(4-3-5-13)8-6-9-10(7-8)12(9,11)2/h8-10,13H,3-7H2,1-2H3. The van der Waals surface area contributed by atoms with Crippen LogP contribution < -0.4 is 0 Å². The van der Waals surface area contributed by atoms with Gasteiger partial charge in [0.15, 0.2) is 0 Å². The number of rotatable bonds is 3. The molecule has 0 aromatic carbocycles. The summed E-state index contributed by atoms with van der Waals surface area (Å²) >= 11 is 0. The molecule has 4 rings (SSSR count). The van der Waals surface area contributed by atoms with Gasteiger partial charge in [-0.15, -0.1) is 0 Å². The van der Waals surface area contributed by atoms with Crippen LogP contribution in [0.15, 0.2) is 0 Å². The first-order chi connectivity index (χ1) is 6.14. The van der Waals surface area contributed by atoms with Gasteiger partial charge in [0.2, 0.25) is 0 Å². The topological polar surface area (TPSA) is 20.2 Å². The Morgan fingerprint density at radius 2 is 1.85 bits per heavy atom. The van der Waals surface area contributed by atoms with Gasteiger partial charge in [0, 0.05) is 6.61 Å². The van der Waals surface area contributed by atoms with Gasteiger partial charge in [-0.05, 0) is 54.3 Å². The Kier molecular flexibility index (Phi) is 1.36. The summed E-state index contributed by atoms with van der Waals surface area (Å²) in [4.78, 5) is 0. The lowest BCUT2D eigenvalue weighted by atomic mass is 9.71. The highest BCUT2D eigenvalue weighted by atomic mass is 16.2. The van der Waals surface area contributed by atoms with Gasteiger partial charge < -0.3 is 5.11 Å². The molecular formula is C12H20O. The van der Waals surface area contributed by atoms with Crippen molar-refractivity contribution in [2.45, 2.75) is 39.5 Å². The highest BCUT2D eigenvalue weighted by Crippen LogP contribution is 2.86. The fourth-order valence-corrected chi connectivity index (χ4v) is 4.95. The van der Waals surface area contributed by atoms with Crippen LogP contribution in [-0.4, -0.2) is 11.7 Å². The molecule has 74 valence electrons. The van der Waals surface area contributed by atoms with Gasteiger partial charge in [-0.3, -0.25) is 0 Å². The summed E-state index contributed by atoms with van der Waals surface area (Å²) in [6.45, 7) is 5.38. The predicted molar refractivity (Wildman–Crippen MR) is 52.2 cm³/mol. The maximum absolute atomic E-state index is 8.92. The molecule has 0 radical (unpaired) electrons. The average Bonchev–Trinajstić information content (AvgIpc) is 2.54. The summed E-state index contributed by atoms with van der Waals surface area (Å²) < 4.78 is 0. The summed E-state index contributed by atoms with van der Waals surface area (Å²) in [5.41, 5.74) is 1.28. The molecule has 0 aromatic heterocycles. The zero-order valence-electron chi connectivity index (χ0n) is 8.71. The van der Waals surface area contributed by atoms with Crippen LogP contribution in [0.4, 0.5) is 0 Å². The van der Waals surface area contributed by atoms with Crippen molar-refractivity contribution in [1.82, 2.24) is 0 Å². The zero-order chi connectivity index (χ0) is 9.27. The Labute approximate surface area is 80.5 Å². The van der Waals surface area contributed by atoms with Gasteiger partial charge in [-0.25, -0.2) is 0 Å². The van der Waals surface area contributed by atoms with Crippen molar-refractivity contribution in [3.63, 3.8) is 0 Å². The van der Waals surface area contributed by atoms with Crippen molar-refractivity contribution >= 4 is 0 Å². The van der Waals surface area contributed by atoms with Gasteiger partial charge in [0.05, 0.1) is 0 Å². The summed E-state index contributed by atoms with van der Waals surface area (Å²) in [7, 11) is 0. The van der Waals surface area contributed by atoms with Crippen molar-refractivity contribution in [2.24, 2.45) is 28.6 Å². The second kappa shape index (κ2) is 2.13. The Morgan fingerprint density at radius 1 is 1.23 bits per heavy atom. The molecule has 4 fully saturated rings. The maximum Gasteiger partial charge on any atom is 0.0431 e. The van der Waals surface area contributed by atoms with E-state index in [1.807, 2.05) is 0 Å². The third-order valence-corrected chi connectivity index (χ3v) is 5.98. The summed E-state index contributed by atoms with van der Waals surface area (Å²) in [5, 5.41) is 8.92. The quantitative estimate of drug-likeness (QED) is 0.707. The number of hydrogen-bond donors (Lipinski definition) is 1. The van der Waals surface area contributed by atoms with Crippen molar-refractivity contribution < 1.29 is 5.11 Å². The van der Waals surface area contributed by atoms with Crippen LogP contribution >= 0.6 is 0 Å². The van der Waals surface area contributed by atoms with Crippen molar-refractivity contribution in [2.75, 3.05) is 6.61 Å². The van der Waals surface area contributed by atoms with Gasteiger partial charge in [-0.1, -0.05) is 13.8 Å². The molecule has 4 aliphatic rings. The molecule has 0 saturated heterocycles. The smallest absolute Gasteiger partial charge is 0.0431 e. The minimum Gasteiger partial charge on any atom is -0.396 e. The van der Waals surface area contributed by atoms with E-state index in [1.54, 1.807) is 0 Å². The van der Waals surface area contributed by atoms with Crippen molar-refractivity contribution in [3.8, 4) is 0 Å². The van der Waals surface area contributed by atoms with E-state index in [0.29, 0.717) is 17.4 Å². The van der Waals surface area contributed by atoms with Crippen molar-refractivity contribution in [3.05, 3.63) is 0 Å². The highest BCUT2D eigenvalue weighted by Gasteiger charge is 2.80. The van der Waals surface area contributed by atoms with E-state index in [2.05, 4.69) is 13.8 Å². The van der Waals surface area contributed by atoms with Gasteiger partial charge in [0.1, 0.15) is 0 Å². The van der Waals surface area contributed by atoms with Crippen LogP contribution in [0.25, 0.3) is 0 Å². The molecule has 0 aliphatic heterocycles. The van der Waals surface area contributed by atoms with Crippen LogP contribution in [-0.2, 0) is 0 Å². The van der Waals surface area contributed by atoms with Crippen molar-refractivity contribution in [1.29, 1.82) is 0 Å². The predicted octanol–water partition coefficient (Wildman–Crippen LogP) is 2.44. The summed E-state index contributed by atoms with van der Waals surface area (Å²) in [6, 6.07) is 0. The molecule has 4 bridgehead atoms. The van der Waals surface area contributed by atoms with E-state index in [-0.39, 0.29) is 0 Å². The minimum atomic E-state index is 0.383. The zero-order valence-corrected chi connectivity index (χ0v) is 8.71. The second-order valence-corrected chi connectivity index (χ2v) is 5.91. The molecule has 0 spiro atoms. The largest absolute Gasteiger partial charge is 0.396 e. The van der Waals surface area contributed by atoms with E-state index in [1.165, 1.54) is 19.3 Å². The first-order valence-electron chi connectivity index (χ1n) is 5.75. The Bertz CT molecular complexity index is 236. The van der Waals surface area contributed by atoms with E-state index < -0.39 is 0 Å². The third kappa shape index (κ3) is 0.674. The minimum absolute atomic E-state index is 0.383. The summed E-state index contributed by atoms with van der Waals surface area (Å²) in [6.07, 6.45) is 5.28. The Morgan fingerprint density at radius 3 is 2.23 bits per heavy atom. The number of aliphatic hydroxyl groups is 1. The lowest BCUT2D eigenvalue weighted by Crippen LogP contribution is -2.27. The van der Waals surface area contributed by atoms with E-state index in [9.17, 15) is 0 Å². The van der Waals surface area contributed by atoms with Crippen LogP contribution in [0.1, 0.15) is 39.5 Å². The van der Waals surface area contributed by atoms with Gasteiger partial charge in [0.25, 0.3) is 0 Å². The maximum atomic E-state index is 8.92. The lowest BCUT2D eigenvalue weighted by Gasteiger charge is -2.34. The molecule has 1 heteroatoms. The van der Waals surface area contributed by atoms with Crippen LogP contribution in [0.2, 0.25) is 0 Å². The number of aliphatic hydroxyl groups excluding tert-OH is 1. The average molecular weight is 180 g/mol. The molecule has 0 heterocycles.